The smallest absolute Gasteiger partial charge is 0.271 e. The third kappa shape index (κ3) is 3.86. The quantitative estimate of drug-likeness (QED) is 0.503. The molecule has 0 fully saturated rings. The molecule has 0 unspecified atom stereocenters. The summed E-state index contributed by atoms with van der Waals surface area (Å²) in [5.41, 5.74) is 0.0644. The summed E-state index contributed by atoms with van der Waals surface area (Å²) in [5, 5.41) is 17.2. The Morgan fingerprint density at radius 2 is 2.23 bits per heavy atom. The second-order valence-corrected chi connectivity index (χ2v) is 5.18. The van der Waals surface area contributed by atoms with Crippen LogP contribution in [0.5, 0.6) is 5.75 Å². The van der Waals surface area contributed by atoms with Crippen molar-refractivity contribution in [2.24, 2.45) is 0 Å². The van der Waals surface area contributed by atoms with Gasteiger partial charge in [0.05, 0.1) is 24.0 Å². The lowest BCUT2D eigenvalue weighted by Gasteiger charge is -2.09. The fourth-order valence-corrected chi connectivity index (χ4v) is 2.20. The first-order valence-corrected chi connectivity index (χ1v) is 7.55. The highest BCUT2D eigenvalue weighted by molar-refractivity contribution is 5.92. The molecule has 0 bridgehead atoms. The van der Waals surface area contributed by atoms with Gasteiger partial charge in [0.15, 0.2) is 5.76 Å². The molecule has 10 nitrogen and oxygen atoms in total. The van der Waals surface area contributed by atoms with Crippen LogP contribution in [0.4, 0.5) is 11.4 Å². The van der Waals surface area contributed by atoms with Crippen molar-refractivity contribution in [2.75, 3.05) is 12.4 Å². The van der Waals surface area contributed by atoms with Crippen molar-refractivity contribution >= 4 is 17.3 Å². The van der Waals surface area contributed by atoms with Gasteiger partial charge < -0.3 is 19.0 Å². The minimum atomic E-state index is -0.552. The number of hydrogen-bond acceptors (Lipinski definition) is 8. The van der Waals surface area contributed by atoms with Crippen molar-refractivity contribution in [1.82, 2.24) is 10.1 Å². The number of anilines is 1. The number of furan rings is 1. The summed E-state index contributed by atoms with van der Waals surface area (Å²) in [4.78, 5) is 26.6. The first-order valence-electron chi connectivity index (χ1n) is 7.55. The zero-order valence-electron chi connectivity index (χ0n) is 13.7. The Labute approximate surface area is 146 Å². The molecule has 1 amide bonds. The number of aromatic nitrogens is 2. The maximum absolute atomic E-state index is 12.1. The Bertz CT molecular complexity index is 919. The van der Waals surface area contributed by atoms with E-state index < -0.39 is 4.92 Å². The molecule has 0 spiro atoms. The van der Waals surface area contributed by atoms with Crippen LogP contribution in [0.2, 0.25) is 0 Å². The number of ether oxygens (including phenoxy) is 1. The summed E-state index contributed by atoms with van der Waals surface area (Å²) >= 11 is 0. The molecule has 0 saturated heterocycles. The fraction of sp³-hybridized carbons (Fsp3) is 0.188. The van der Waals surface area contributed by atoms with Gasteiger partial charge in [0.25, 0.3) is 5.69 Å². The maximum atomic E-state index is 12.1. The lowest BCUT2D eigenvalue weighted by atomic mass is 10.2. The molecule has 3 rings (SSSR count). The Morgan fingerprint density at radius 3 is 2.92 bits per heavy atom. The number of nitro groups is 1. The zero-order chi connectivity index (χ0) is 18.5. The number of benzene rings is 1. The monoisotopic (exact) mass is 358 g/mol. The summed E-state index contributed by atoms with van der Waals surface area (Å²) in [6.07, 6.45) is 1.74. The van der Waals surface area contributed by atoms with E-state index in [9.17, 15) is 14.9 Å². The highest BCUT2D eigenvalue weighted by Crippen LogP contribution is 2.29. The Balaban J connectivity index is 1.62. The number of nitrogens with zero attached hydrogens (tertiary/aromatic N) is 3. The minimum Gasteiger partial charge on any atom is -0.495 e. The van der Waals surface area contributed by atoms with Gasteiger partial charge >= 0.3 is 0 Å². The number of nitro benzene ring substituents is 1. The average Bonchev–Trinajstić information content (AvgIpc) is 3.31. The molecule has 0 radical (unpaired) electrons. The average molecular weight is 358 g/mol. The Hall–Kier alpha value is -3.69. The number of carbonyl (C=O) groups is 1. The van der Waals surface area contributed by atoms with E-state index in [4.69, 9.17) is 13.7 Å². The predicted molar refractivity (Wildman–Crippen MR) is 88.6 cm³/mol. The van der Waals surface area contributed by atoms with Crippen LogP contribution in [0.25, 0.3) is 11.6 Å². The topological polar surface area (TPSA) is 134 Å². The van der Waals surface area contributed by atoms with Crippen molar-refractivity contribution in [2.45, 2.75) is 12.8 Å². The molecule has 1 N–H and O–H groups in total. The van der Waals surface area contributed by atoms with Crippen molar-refractivity contribution in [3.8, 4) is 17.3 Å². The molecule has 0 aliphatic heterocycles. The molecule has 134 valence electrons. The van der Waals surface area contributed by atoms with Crippen molar-refractivity contribution in [3.05, 3.63) is 52.6 Å². The number of methoxy groups -OCH3 is 1. The Kier molecular flexibility index (Phi) is 4.92. The fourth-order valence-electron chi connectivity index (χ4n) is 2.20. The summed E-state index contributed by atoms with van der Waals surface area (Å²) in [7, 11) is 1.41. The minimum absolute atomic E-state index is 0.0473. The molecule has 2 heterocycles. The number of nitrogens with one attached hydrogen (secondary N) is 1. The molecule has 0 aliphatic rings. The van der Waals surface area contributed by atoms with E-state index in [0.29, 0.717) is 17.3 Å². The maximum Gasteiger partial charge on any atom is 0.271 e. The Morgan fingerprint density at radius 1 is 1.38 bits per heavy atom. The first-order chi connectivity index (χ1) is 12.6. The van der Waals surface area contributed by atoms with Gasteiger partial charge in [0.1, 0.15) is 5.75 Å². The van der Waals surface area contributed by atoms with Gasteiger partial charge in [-0.2, -0.15) is 4.98 Å². The standard InChI is InChI=1S/C16H14N4O6/c1-24-12-5-4-10(20(22)23)9-11(12)17-14(21)6-7-15-18-16(19-26-15)13-3-2-8-25-13/h2-5,8-9H,6-7H2,1H3,(H,17,21). The number of hydrogen-bond donors (Lipinski definition) is 1. The van der Waals surface area contributed by atoms with E-state index in [1.807, 2.05) is 0 Å². The van der Waals surface area contributed by atoms with Crippen LogP contribution in [0.15, 0.2) is 45.5 Å². The summed E-state index contributed by atoms with van der Waals surface area (Å²) in [6.45, 7) is 0. The highest BCUT2D eigenvalue weighted by atomic mass is 16.6. The second-order valence-electron chi connectivity index (χ2n) is 5.18. The van der Waals surface area contributed by atoms with Gasteiger partial charge in [-0.25, -0.2) is 0 Å². The van der Waals surface area contributed by atoms with Crippen LogP contribution in [-0.4, -0.2) is 28.1 Å². The van der Waals surface area contributed by atoms with Gasteiger partial charge in [-0.1, -0.05) is 5.16 Å². The molecule has 0 atom stereocenters. The molecule has 10 heteroatoms. The van der Waals surface area contributed by atoms with E-state index >= 15 is 0 Å². The van der Waals surface area contributed by atoms with E-state index in [1.165, 1.54) is 31.6 Å². The van der Waals surface area contributed by atoms with Crippen molar-refractivity contribution < 1.29 is 23.4 Å². The molecule has 2 aromatic heterocycles. The van der Waals surface area contributed by atoms with E-state index in [0.717, 1.165) is 0 Å². The van der Waals surface area contributed by atoms with Crippen LogP contribution in [-0.2, 0) is 11.2 Å². The van der Waals surface area contributed by atoms with Gasteiger partial charge in [0.2, 0.25) is 17.6 Å². The molecule has 3 aromatic rings. The van der Waals surface area contributed by atoms with Crippen LogP contribution in [0.1, 0.15) is 12.3 Å². The lowest BCUT2D eigenvalue weighted by molar-refractivity contribution is -0.384. The highest BCUT2D eigenvalue weighted by Gasteiger charge is 2.15. The van der Waals surface area contributed by atoms with Crippen molar-refractivity contribution in [1.29, 1.82) is 0 Å². The van der Waals surface area contributed by atoms with Gasteiger partial charge in [-0.3, -0.25) is 14.9 Å². The van der Waals surface area contributed by atoms with Crippen LogP contribution < -0.4 is 10.1 Å². The van der Waals surface area contributed by atoms with E-state index in [-0.39, 0.29) is 36.0 Å². The summed E-state index contributed by atoms with van der Waals surface area (Å²) in [6, 6.07) is 7.34. The SMILES string of the molecule is COc1ccc([N+](=O)[O-])cc1NC(=O)CCc1nc(-c2ccco2)no1. The van der Waals surface area contributed by atoms with E-state index in [2.05, 4.69) is 15.5 Å². The van der Waals surface area contributed by atoms with Crippen molar-refractivity contribution in [3.63, 3.8) is 0 Å². The molecule has 0 saturated carbocycles. The van der Waals surface area contributed by atoms with Crippen LogP contribution >= 0.6 is 0 Å². The summed E-state index contributed by atoms with van der Waals surface area (Å²) < 4.78 is 15.3. The molecule has 1 aromatic carbocycles. The molecular weight excluding hydrogens is 344 g/mol. The van der Waals surface area contributed by atoms with Crippen LogP contribution in [0.3, 0.4) is 0 Å². The molecule has 0 aliphatic carbocycles. The van der Waals surface area contributed by atoms with Gasteiger partial charge in [0, 0.05) is 25.0 Å². The number of aryl methyl sites for hydroxylation is 1. The van der Waals surface area contributed by atoms with Crippen LogP contribution in [0, 0.1) is 10.1 Å². The lowest BCUT2D eigenvalue weighted by Crippen LogP contribution is -2.13. The second kappa shape index (κ2) is 7.47. The third-order valence-corrected chi connectivity index (χ3v) is 3.44. The first kappa shape index (κ1) is 17.1. The molecular formula is C16H14N4O6. The number of carbonyl (C=O) groups excluding carboxylic acids is 1. The van der Waals surface area contributed by atoms with Gasteiger partial charge in [-0.05, 0) is 18.2 Å². The summed E-state index contributed by atoms with van der Waals surface area (Å²) in [5.74, 6) is 0.984. The third-order valence-electron chi connectivity index (χ3n) is 3.44. The number of rotatable bonds is 7. The number of amides is 1. The normalized spacial score (nSPS) is 10.5. The van der Waals surface area contributed by atoms with Gasteiger partial charge in [-0.15, -0.1) is 0 Å². The predicted octanol–water partition coefficient (Wildman–Crippen LogP) is 2.82. The number of non-ortho nitro benzene ring substituents is 1. The zero-order valence-corrected chi connectivity index (χ0v) is 13.7. The molecule has 26 heavy (non-hydrogen) atoms. The van der Waals surface area contributed by atoms with E-state index in [1.54, 1.807) is 12.1 Å². The largest absolute Gasteiger partial charge is 0.495 e.